The molecule has 1 saturated carbocycles. The van der Waals surface area contributed by atoms with Gasteiger partial charge in [-0.1, -0.05) is 6.92 Å². The summed E-state index contributed by atoms with van der Waals surface area (Å²) in [6.45, 7) is 7.00. The van der Waals surface area contributed by atoms with Gasteiger partial charge in [0.2, 0.25) is 5.91 Å². The SMILES string of the molecule is CC1CC(C(=O)N2CCOC[C@@H]2c2nccc(N3CCOCC3)n2)C1. The Morgan fingerprint density at radius 2 is 1.92 bits per heavy atom. The van der Waals surface area contributed by atoms with Crippen molar-refractivity contribution in [1.82, 2.24) is 14.9 Å². The summed E-state index contributed by atoms with van der Waals surface area (Å²) in [5.74, 6) is 2.66. The lowest BCUT2D eigenvalue weighted by molar-refractivity contribution is -0.149. The summed E-state index contributed by atoms with van der Waals surface area (Å²) in [5, 5.41) is 0. The maximum Gasteiger partial charge on any atom is 0.226 e. The molecule has 0 N–H and O–H groups in total. The van der Waals surface area contributed by atoms with Crippen molar-refractivity contribution in [3.8, 4) is 0 Å². The third kappa shape index (κ3) is 3.48. The lowest BCUT2D eigenvalue weighted by Gasteiger charge is -2.41. The first-order chi connectivity index (χ1) is 12.2. The van der Waals surface area contributed by atoms with Crippen LogP contribution in [0.4, 0.5) is 5.82 Å². The Kier molecular flexibility index (Phi) is 4.85. The minimum absolute atomic E-state index is 0.165. The number of morpholine rings is 2. The molecule has 25 heavy (non-hydrogen) atoms. The summed E-state index contributed by atoms with van der Waals surface area (Å²) >= 11 is 0. The molecule has 1 aromatic rings. The van der Waals surface area contributed by atoms with Gasteiger partial charge in [-0.2, -0.15) is 0 Å². The normalized spacial score (nSPS) is 30.0. The smallest absolute Gasteiger partial charge is 0.226 e. The van der Waals surface area contributed by atoms with E-state index in [0.29, 0.717) is 31.5 Å². The molecular formula is C18H26N4O3. The highest BCUT2D eigenvalue weighted by atomic mass is 16.5. The summed E-state index contributed by atoms with van der Waals surface area (Å²) in [7, 11) is 0. The number of aromatic nitrogens is 2. The fourth-order valence-electron chi connectivity index (χ4n) is 3.91. The van der Waals surface area contributed by atoms with Gasteiger partial charge in [0.05, 0.1) is 26.4 Å². The second kappa shape index (κ2) is 7.25. The zero-order chi connectivity index (χ0) is 17.2. The van der Waals surface area contributed by atoms with Crippen molar-refractivity contribution in [2.45, 2.75) is 25.8 Å². The molecule has 7 heteroatoms. The minimum atomic E-state index is -0.182. The van der Waals surface area contributed by atoms with E-state index in [0.717, 1.165) is 45.0 Å². The number of rotatable bonds is 3. The van der Waals surface area contributed by atoms with Gasteiger partial charge in [-0.25, -0.2) is 9.97 Å². The average molecular weight is 346 g/mol. The lowest BCUT2D eigenvalue weighted by Crippen LogP contribution is -2.49. The van der Waals surface area contributed by atoms with Crippen molar-refractivity contribution >= 4 is 11.7 Å². The molecule has 3 aliphatic rings. The molecule has 0 radical (unpaired) electrons. The van der Waals surface area contributed by atoms with Crippen molar-refractivity contribution < 1.29 is 14.3 Å². The third-order valence-electron chi connectivity index (χ3n) is 5.43. The first-order valence-electron chi connectivity index (χ1n) is 9.26. The first-order valence-corrected chi connectivity index (χ1v) is 9.26. The highest BCUT2D eigenvalue weighted by Gasteiger charge is 2.39. The maximum atomic E-state index is 12.9. The van der Waals surface area contributed by atoms with Gasteiger partial charge in [0.1, 0.15) is 11.9 Å². The Bertz CT molecular complexity index is 614. The molecule has 0 unspecified atom stereocenters. The summed E-state index contributed by atoms with van der Waals surface area (Å²) in [6.07, 6.45) is 3.78. The zero-order valence-corrected chi connectivity index (χ0v) is 14.8. The predicted octanol–water partition coefficient (Wildman–Crippen LogP) is 1.26. The summed E-state index contributed by atoms with van der Waals surface area (Å²) in [5.41, 5.74) is 0. The second-order valence-electron chi connectivity index (χ2n) is 7.27. The van der Waals surface area contributed by atoms with Gasteiger partial charge in [0, 0.05) is 31.7 Å². The van der Waals surface area contributed by atoms with Crippen LogP contribution in [0.3, 0.4) is 0 Å². The Balaban J connectivity index is 1.52. The molecule has 1 aliphatic carbocycles. The highest BCUT2D eigenvalue weighted by molar-refractivity contribution is 5.80. The molecule has 2 aliphatic heterocycles. The summed E-state index contributed by atoms with van der Waals surface area (Å²) < 4.78 is 11.1. The topological polar surface area (TPSA) is 67.8 Å². The quantitative estimate of drug-likeness (QED) is 0.821. The van der Waals surface area contributed by atoms with Gasteiger partial charge in [-0.05, 0) is 24.8 Å². The molecule has 1 atom stereocenters. The van der Waals surface area contributed by atoms with Gasteiger partial charge >= 0.3 is 0 Å². The fourth-order valence-corrected chi connectivity index (χ4v) is 3.91. The molecule has 1 amide bonds. The van der Waals surface area contributed by atoms with Crippen LogP contribution in [0, 0.1) is 11.8 Å². The van der Waals surface area contributed by atoms with Crippen molar-refractivity contribution in [1.29, 1.82) is 0 Å². The van der Waals surface area contributed by atoms with E-state index < -0.39 is 0 Å². The molecule has 0 aromatic carbocycles. The molecular weight excluding hydrogens is 320 g/mol. The average Bonchev–Trinajstić information content (AvgIpc) is 2.66. The number of hydrogen-bond donors (Lipinski definition) is 0. The van der Waals surface area contributed by atoms with Gasteiger partial charge in [0.15, 0.2) is 5.82 Å². The summed E-state index contributed by atoms with van der Waals surface area (Å²) in [4.78, 5) is 26.3. The van der Waals surface area contributed by atoms with E-state index in [-0.39, 0.29) is 17.9 Å². The van der Waals surface area contributed by atoms with Crippen LogP contribution in [0.15, 0.2) is 12.3 Å². The van der Waals surface area contributed by atoms with E-state index in [4.69, 9.17) is 14.5 Å². The van der Waals surface area contributed by atoms with Crippen LogP contribution in [0.5, 0.6) is 0 Å². The van der Waals surface area contributed by atoms with Crippen LogP contribution in [-0.4, -0.2) is 66.8 Å². The van der Waals surface area contributed by atoms with E-state index >= 15 is 0 Å². The molecule has 4 rings (SSSR count). The van der Waals surface area contributed by atoms with Gasteiger partial charge in [-0.15, -0.1) is 0 Å². The molecule has 1 aromatic heterocycles. The van der Waals surface area contributed by atoms with E-state index in [1.165, 1.54) is 0 Å². The first kappa shape index (κ1) is 16.7. The Hall–Kier alpha value is -1.73. The van der Waals surface area contributed by atoms with Gasteiger partial charge < -0.3 is 19.3 Å². The van der Waals surface area contributed by atoms with E-state index in [2.05, 4.69) is 16.8 Å². The second-order valence-corrected chi connectivity index (χ2v) is 7.27. The predicted molar refractivity (Wildman–Crippen MR) is 92.2 cm³/mol. The number of hydrogen-bond acceptors (Lipinski definition) is 6. The van der Waals surface area contributed by atoms with Gasteiger partial charge in [0.25, 0.3) is 0 Å². The van der Waals surface area contributed by atoms with Crippen LogP contribution in [-0.2, 0) is 14.3 Å². The standard InChI is InChI=1S/C18H26N4O3/c1-13-10-14(11-13)18(23)22-6-9-25-12-15(22)17-19-3-2-16(20-17)21-4-7-24-8-5-21/h2-3,13-15H,4-12H2,1H3/t13?,14?,15-/m1/s1. The molecule has 2 saturated heterocycles. The number of amides is 1. The van der Waals surface area contributed by atoms with Crippen molar-refractivity contribution in [3.63, 3.8) is 0 Å². The fraction of sp³-hybridized carbons (Fsp3) is 0.722. The van der Waals surface area contributed by atoms with Crippen molar-refractivity contribution in [2.75, 3.05) is 51.0 Å². The van der Waals surface area contributed by atoms with Crippen LogP contribution >= 0.6 is 0 Å². The van der Waals surface area contributed by atoms with E-state index in [1.54, 1.807) is 6.20 Å². The number of ether oxygens (including phenoxy) is 2. The molecule has 0 bridgehead atoms. The van der Waals surface area contributed by atoms with Crippen molar-refractivity contribution in [3.05, 3.63) is 18.1 Å². The minimum Gasteiger partial charge on any atom is -0.378 e. The number of nitrogens with zero attached hydrogens (tertiary/aromatic N) is 4. The third-order valence-corrected chi connectivity index (χ3v) is 5.43. The zero-order valence-electron chi connectivity index (χ0n) is 14.8. The summed E-state index contributed by atoms with van der Waals surface area (Å²) in [6, 6.07) is 1.75. The number of carbonyl (C=O) groups excluding carboxylic acids is 1. The van der Waals surface area contributed by atoms with Crippen LogP contribution < -0.4 is 4.90 Å². The van der Waals surface area contributed by atoms with Crippen LogP contribution in [0.2, 0.25) is 0 Å². The highest BCUT2D eigenvalue weighted by Crippen LogP contribution is 2.36. The number of carbonyl (C=O) groups is 1. The molecule has 0 spiro atoms. The van der Waals surface area contributed by atoms with Crippen LogP contribution in [0.1, 0.15) is 31.6 Å². The van der Waals surface area contributed by atoms with Crippen LogP contribution in [0.25, 0.3) is 0 Å². The Morgan fingerprint density at radius 1 is 1.16 bits per heavy atom. The molecule has 3 fully saturated rings. The molecule has 7 nitrogen and oxygen atoms in total. The van der Waals surface area contributed by atoms with E-state index in [1.807, 2.05) is 11.0 Å². The van der Waals surface area contributed by atoms with E-state index in [9.17, 15) is 4.79 Å². The molecule has 136 valence electrons. The lowest BCUT2D eigenvalue weighted by atomic mass is 9.75. The Morgan fingerprint density at radius 3 is 2.68 bits per heavy atom. The van der Waals surface area contributed by atoms with Gasteiger partial charge in [-0.3, -0.25) is 4.79 Å². The molecule has 3 heterocycles. The Labute approximate surface area is 148 Å². The number of anilines is 1. The monoisotopic (exact) mass is 346 g/mol. The maximum absolute atomic E-state index is 12.9. The van der Waals surface area contributed by atoms with Crippen molar-refractivity contribution in [2.24, 2.45) is 11.8 Å². The largest absolute Gasteiger partial charge is 0.378 e.